The highest BCUT2D eigenvalue weighted by Gasteiger charge is 2.02. The summed E-state index contributed by atoms with van der Waals surface area (Å²) in [5.74, 6) is 1.62. The fourth-order valence-corrected chi connectivity index (χ4v) is 2.59. The van der Waals surface area contributed by atoms with Gasteiger partial charge in [0.1, 0.15) is 23.9 Å². The van der Waals surface area contributed by atoms with Gasteiger partial charge in [0.25, 0.3) is 5.91 Å². The van der Waals surface area contributed by atoms with Gasteiger partial charge in [-0.2, -0.15) is 5.10 Å². The molecular formula is C23H21ClN2O4. The van der Waals surface area contributed by atoms with E-state index in [-0.39, 0.29) is 12.5 Å². The van der Waals surface area contributed by atoms with Crippen LogP contribution < -0.4 is 19.6 Å². The maximum atomic E-state index is 11.9. The summed E-state index contributed by atoms with van der Waals surface area (Å²) in [4.78, 5) is 11.9. The molecule has 1 N–H and O–H groups in total. The van der Waals surface area contributed by atoms with E-state index in [4.69, 9.17) is 25.8 Å². The summed E-state index contributed by atoms with van der Waals surface area (Å²) in [6, 6.07) is 21.8. The normalized spacial score (nSPS) is 10.6. The molecule has 3 aromatic rings. The van der Waals surface area contributed by atoms with Gasteiger partial charge in [-0.1, -0.05) is 35.9 Å². The van der Waals surface area contributed by atoms with E-state index in [0.29, 0.717) is 23.1 Å². The van der Waals surface area contributed by atoms with Crippen molar-refractivity contribution < 1.29 is 19.0 Å². The first kappa shape index (κ1) is 21.2. The van der Waals surface area contributed by atoms with Crippen LogP contribution in [0.4, 0.5) is 0 Å². The zero-order chi connectivity index (χ0) is 21.2. The lowest BCUT2D eigenvalue weighted by Crippen LogP contribution is -2.24. The second kappa shape index (κ2) is 10.9. The van der Waals surface area contributed by atoms with Gasteiger partial charge in [0.2, 0.25) is 0 Å². The number of methoxy groups -OCH3 is 1. The van der Waals surface area contributed by atoms with Crippen molar-refractivity contribution in [3.8, 4) is 17.2 Å². The van der Waals surface area contributed by atoms with Gasteiger partial charge in [-0.15, -0.1) is 0 Å². The van der Waals surface area contributed by atoms with Gasteiger partial charge in [0, 0.05) is 5.02 Å². The molecule has 1 amide bonds. The van der Waals surface area contributed by atoms with Crippen LogP contribution >= 0.6 is 11.6 Å². The summed E-state index contributed by atoms with van der Waals surface area (Å²) < 4.78 is 16.3. The van der Waals surface area contributed by atoms with Crippen LogP contribution in [0.2, 0.25) is 5.02 Å². The van der Waals surface area contributed by atoms with Gasteiger partial charge in [-0.05, 0) is 59.7 Å². The van der Waals surface area contributed by atoms with Crippen molar-refractivity contribution in [2.24, 2.45) is 5.10 Å². The minimum atomic E-state index is -0.364. The van der Waals surface area contributed by atoms with Crippen molar-refractivity contribution in [1.29, 1.82) is 0 Å². The molecule has 0 aliphatic heterocycles. The quantitative estimate of drug-likeness (QED) is 0.407. The summed E-state index contributed by atoms with van der Waals surface area (Å²) in [6.45, 7) is 0.283. The molecule has 6 nitrogen and oxygen atoms in total. The Morgan fingerprint density at radius 2 is 1.70 bits per heavy atom. The molecule has 154 valence electrons. The van der Waals surface area contributed by atoms with Crippen LogP contribution in [0, 0.1) is 0 Å². The number of hydrazone groups is 1. The molecule has 0 aromatic heterocycles. The first-order valence-electron chi connectivity index (χ1n) is 9.18. The Morgan fingerprint density at radius 3 is 2.43 bits per heavy atom. The van der Waals surface area contributed by atoms with Crippen molar-refractivity contribution in [3.05, 3.63) is 88.9 Å². The molecular weight excluding hydrogens is 404 g/mol. The summed E-state index contributed by atoms with van der Waals surface area (Å²) in [5, 5.41) is 4.64. The maximum absolute atomic E-state index is 11.9. The molecule has 0 spiro atoms. The average molecular weight is 425 g/mol. The lowest BCUT2D eigenvalue weighted by molar-refractivity contribution is -0.123. The van der Waals surface area contributed by atoms with Crippen LogP contribution in [0.1, 0.15) is 11.1 Å². The molecule has 30 heavy (non-hydrogen) atoms. The number of benzene rings is 3. The number of rotatable bonds is 9. The monoisotopic (exact) mass is 424 g/mol. The third kappa shape index (κ3) is 6.83. The highest BCUT2D eigenvalue weighted by Crippen LogP contribution is 2.17. The standard InChI is InChI=1S/C23H21ClN2O4/c1-28-20-9-11-21(12-10-20)30-16-23(27)26-25-14-18-3-2-4-22(13-18)29-15-17-5-7-19(24)8-6-17/h2-14H,15-16H2,1H3,(H,26,27)/b25-14+. The van der Waals surface area contributed by atoms with Crippen LogP contribution in [0.5, 0.6) is 17.2 Å². The molecule has 0 aliphatic rings. The molecule has 0 saturated carbocycles. The summed E-state index contributed by atoms with van der Waals surface area (Å²) in [5.41, 5.74) is 4.24. The minimum Gasteiger partial charge on any atom is -0.497 e. The third-order valence-corrected chi connectivity index (χ3v) is 4.26. The number of amides is 1. The van der Waals surface area contributed by atoms with E-state index in [0.717, 1.165) is 16.9 Å². The fraction of sp³-hybridized carbons (Fsp3) is 0.130. The predicted molar refractivity (Wildman–Crippen MR) is 116 cm³/mol. The van der Waals surface area contributed by atoms with E-state index >= 15 is 0 Å². The second-order valence-corrected chi connectivity index (χ2v) is 6.68. The van der Waals surface area contributed by atoms with Crippen LogP contribution in [-0.4, -0.2) is 25.8 Å². The van der Waals surface area contributed by atoms with Crippen molar-refractivity contribution >= 4 is 23.7 Å². The van der Waals surface area contributed by atoms with E-state index in [9.17, 15) is 4.79 Å². The molecule has 0 saturated heterocycles. The van der Waals surface area contributed by atoms with Gasteiger partial charge >= 0.3 is 0 Å². The Bertz CT molecular complexity index is 989. The number of nitrogens with zero attached hydrogens (tertiary/aromatic N) is 1. The van der Waals surface area contributed by atoms with Crippen molar-refractivity contribution in [3.63, 3.8) is 0 Å². The Kier molecular flexibility index (Phi) is 7.69. The average Bonchev–Trinajstić information content (AvgIpc) is 2.78. The first-order chi connectivity index (χ1) is 14.6. The zero-order valence-electron chi connectivity index (χ0n) is 16.4. The number of halogens is 1. The highest BCUT2D eigenvalue weighted by molar-refractivity contribution is 6.30. The lowest BCUT2D eigenvalue weighted by Gasteiger charge is -2.07. The molecule has 3 rings (SSSR count). The van der Waals surface area contributed by atoms with Gasteiger partial charge in [-0.25, -0.2) is 5.43 Å². The zero-order valence-corrected chi connectivity index (χ0v) is 17.1. The van der Waals surface area contributed by atoms with Gasteiger partial charge in [0.05, 0.1) is 13.3 Å². The van der Waals surface area contributed by atoms with E-state index < -0.39 is 0 Å². The maximum Gasteiger partial charge on any atom is 0.277 e. The highest BCUT2D eigenvalue weighted by atomic mass is 35.5. The molecule has 7 heteroatoms. The topological polar surface area (TPSA) is 69.2 Å². The van der Waals surface area contributed by atoms with E-state index in [1.54, 1.807) is 37.6 Å². The van der Waals surface area contributed by atoms with Crippen molar-refractivity contribution in [1.82, 2.24) is 5.43 Å². The molecule has 0 bridgehead atoms. The van der Waals surface area contributed by atoms with Crippen LogP contribution in [0.3, 0.4) is 0 Å². The van der Waals surface area contributed by atoms with E-state index in [1.165, 1.54) is 0 Å². The first-order valence-corrected chi connectivity index (χ1v) is 9.56. The summed E-state index contributed by atoms with van der Waals surface area (Å²) in [6.07, 6.45) is 1.54. The van der Waals surface area contributed by atoms with Gasteiger partial charge < -0.3 is 14.2 Å². The van der Waals surface area contributed by atoms with Crippen molar-refractivity contribution in [2.45, 2.75) is 6.61 Å². The van der Waals surface area contributed by atoms with Gasteiger partial charge in [0.15, 0.2) is 6.61 Å². The Hall–Kier alpha value is -3.51. The number of carbonyl (C=O) groups excluding carboxylic acids is 1. The summed E-state index contributed by atoms with van der Waals surface area (Å²) >= 11 is 5.88. The summed E-state index contributed by atoms with van der Waals surface area (Å²) in [7, 11) is 1.59. The molecule has 0 radical (unpaired) electrons. The third-order valence-electron chi connectivity index (χ3n) is 4.01. The molecule has 0 heterocycles. The van der Waals surface area contributed by atoms with Crippen molar-refractivity contribution in [2.75, 3.05) is 13.7 Å². The molecule has 0 aliphatic carbocycles. The molecule has 0 unspecified atom stereocenters. The Balaban J connectivity index is 1.45. The Labute approximate surface area is 180 Å². The predicted octanol–water partition coefficient (Wildman–Crippen LogP) is 4.46. The van der Waals surface area contributed by atoms with E-state index in [1.807, 2.05) is 48.5 Å². The number of nitrogens with one attached hydrogen (secondary N) is 1. The number of hydrogen-bond donors (Lipinski definition) is 1. The van der Waals surface area contributed by atoms with Crippen LogP contribution in [-0.2, 0) is 11.4 Å². The number of hydrogen-bond acceptors (Lipinski definition) is 5. The SMILES string of the molecule is COc1ccc(OCC(=O)N/N=C/c2cccc(OCc3ccc(Cl)cc3)c2)cc1. The minimum absolute atomic E-state index is 0.145. The van der Waals surface area contributed by atoms with Crippen LogP contribution in [0.15, 0.2) is 77.9 Å². The number of carbonyl (C=O) groups is 1. The molecule has 0 atom stereocenters. The second-order valence-electron chi connectivity index (χ2n) is 6.25. The smallest absolute Gasteiger partial charge is 0.277 e. The van der Waals surface area contributed by atoms with E-state index in [2.05, 4.69) is 10.5 Å². The van der Waals surface area contributed by atoms with Crippen LogP contribution in [0.25, 0.3) is 0 Å². The number of ether oxygens (including phenoxy) is 3. The largest absolute Gasteiger partial charge is 0.497 e. The Morgan fingerprint density at radius 1 is 0.967 bits per heavy atom. The molecule has 0 fully saturated rings. The van der Waals surface area contributed by atoms with Gasteiger partial charge in [-0.3, -0.25) is 4.79 Å². The molecule has 3 aromatic carbocycles. The lowest BCUT2D eigenvalue weighted by atomic mass is 10.2. The fourth-order valence-electron chi connectivity index (χ4n) is 2.46.